The topological polar surface area (TPSA) is 12.4 Å². The molecule has 0 saturated carbocycles. The molecule has 0 bridgehead atoms. The molecule has 1 heteroatoms. The van der Waals surface area contributed by atoms with Crippen LogP contribution in [0.4, 0.5) is 0 Å². The van der Waals surface area contributed by atoms with Gasteiger partial charge in [0, 0.05) is 11.3 Å². The molecule has 0 atom stereocenters. The van der Waals surface area contributed by atoms with E-state index in [4.69, 9.17) is 4.99 Å². The first-order chi connectivity index (χ1) is 24.1. The number of nitrogens with zero attached hydrogens (tertiary/aromatic N) is 1. The van der Waals surface area contributed by atoms with Gasteiger partial charge in [-0.1, -0.05) is 164 Å². The molecule has 1 nitrogen and oxygen atoms in total. The molecule has 0 amide bonds. The molecule has 0 fully saturated rings. The van der Waals surface area contributed by atoms with E-state index in [0.717, 1.165) is 41.0 Å². The van der Waals surface area contributed by atoms with Crippen molar-refractivity contribution in [1.82, 2.24) is 0 Å². The summed E-state index contributed by atoms with van der Waals surface area (Å²) in [5.41, 5.74) is 11.4. The van der Waals surface area contributed by atoms with E-state index in [2.05, 4.69) is 177 Å². The summed E-state index contributed by atoms with van der Waals surface area (Å²) in [6, 6.07) is 54.2. The maximum Gasteiger partial charge on any atom is 0.0711 e. The Morgan fingerprint density at radius 3 is 1.67 bits per heavy atom. The summed E-state index contributed by atoms with van der Waals surface area (Å²) in [5.74, 6) is 0. The van der Waals surface area contributed by atoms with Crippen LogP contribution in [0.3, 0.4) is 0 Å². The lowest BCUT2D eigenvalue weighted by Gasteiger charge is -2.16. The minimum atomic E-state index is 0.916. The SMILES string of the molecule is C=C(/C=C(\N=C(C)c1ccc(-c2ccc3c4ccccc4c4ccccc4c3c2)cc1)c1ccccc1)C1=CC=C(c2ccccc2)CC1. The number of benzene rings is 7. The van der Waals surface area contributed by atoms with Gasteiger partial charge in [0.1, 0.15) is 0 Å². The monoisotopic (exact) mass is 627 g/mol. The van der Waals surface area contributed by atoms with E-state index in [1.165, 1.54) is 60.2 Å². The third-order valence-corrected chi connectivity index (χ3v) is 9.76. The second-order valence-electron chi connectivity index (χ2n) is 12.8. The normalized spacial score (nSPS) is 13.8. The molecule has 0 unspecified atom stereocenters. The van der Waals surface area contributed by atoms with Crippen molar-refractivity contribution in [2.45, 2.75) is 19.8 Å². The maximum absolute atomic E-state index is 5.20. The van der Waals surface area contributed by atoms with Gasteiger partial charge in [-0.15, -0.1) is 0 Å². The Balaban J connectivity index is 1.10. The smallest absolute Gasteiger partial charge is 0.0711 e. The van der Waals surface area contributed by atoms with Gasteiger partial charge < -0.3 is 0 Å². The lowest BCUT2D eigenvalue weighted by atomic mass is 9.90. The predicted octanol–water partition coefficient (Wildman–Crippen LogP) is 13.0. The van der Waals surface area contributed by atoms with Crippen molar-refractivity contribution in [2.75, 3.05) is 0 Å². The second-order valence-corrected chi connectivity index (χ2v) is 12.8. The van der Waals surface area contributed by atoms with Gasteiger partial charge in [-0.25, -0.2) is 0 Å². The average molecular weight is 628 g/mol. The highest BCUT2D eigenvalue weighted by molar-refractivity contribution is 6.25. The van der Waals surface area contributed by atoms with Crippen LogP contribution in [0.5, 0.6) is 0 Å². The number of rotatable bonds is 7. The average Bonchev–Trinajstić information content (AvgIpc) is 3.18. The lowest BCUT2D eigenvalue weighted by Crippen LogP contribution is -1.98. The van der Waals surface area contributed by atoms with Crippen molar-refractivity contribution in [1.29, 1.82) is 0 Å². The van der Waals surface area contributed by atoms with Gasteiger partial charge >= 0.3 is 0 Å². The lowest BCUT2D eigenvalue weighted by molar-refractivity contribution is 0.995. The number of hydrogen-bond donors (Lipinski definition) is 0. The highest BCUT2D eigenvalue weighted by Crippen LogP contribution is 2.37. The van der Waals surface area contributed by atoms with Crippen LogP contribution in [0.2, 0.25) is 0 Å². The van der Waals surface area contributed by atoms with Crippen LogP contribution in [0, 0.1) is 0 Å². The summed E-state index contributed by atoms with van der Waals surface area (Å²) in [5, 5.41) is 7.75. The van der Waals surface area contributed by atoms with Crippen molar-refractivity contribution < 1.29 is 0 Å². The highest BCUT2D eigenvalue weighted by Gasteiger charge is 2.13. The molecule has 1 aliphatic rings. The van der Waals surface area contributed by atoms with Gasteiger partial charge in [0.2, 0.25) is 0 Å². The third kappa shape index (κ3) is 6.08. The summed E-state index contributed by atoms with van der Waals surface area (Å²) < 4.78 is 0. The Labute approximate surface area is 288 Å². The standard InChI is InChI=1S/C48H37N/c1-33(35-21-25-38(26-22-35)37-13-5-3-6-14-37)31-48(40-15-7-4-8-16-40)49-34(2)36-23-27-39(28-24-36)41-29-30-46-44-19-10-9-17-42(44)43-18-11-12-20-45(43)47(46)32-41/h3-21,23-25,27-32H,1,22,26H2,2H3/b48-31-,49-34?. The molecule has 1 aliphatic carbocycles. The number of aliphatic imine (C=N–C) groups is 1. The first-order valence-electron chi connectivity index (χ1n) is 17.0. The van der Waals surface area contributed by atoms with E-state index in [9.17, 15) is 0 Å². The molecular weight excluding hydrogens is 591 g/mol. The highest BCUT2D eigenvalue weighted by atomic mass is 14.8. The molecule has 49 heavy (non-hydrogen) atoms. The van der Waals surface area contributed by atoms with Gasteiger partial charge in [-0.3, -0.25) is 4.99 Å². The molecule has 234 valence electrons. The van der Waals surface area contributed by atoms with Crippen molar-refractivity contribution in [3.63, 3.8) is 0 Å². The van der Waals surface area contributed by atoms with Crippen molar-refractivity contribution >= 4 is 49.3 Å². The summed E-state index contributed by atoms with van der Waals surface area (Å²) in [4.78, 5) is 5.20. The van der Waals surface area contributed by atoms with Crippen LogP contribution < -0.4 is 0 Å². The van der Waals surface area contributed by atoms with E-state index < -0.39 is 0 Å². The van der Waals surface area contributed by atoms with Crippen LogP contribution >= 0.6 is 0 Å². The largest absolute Gasteiger partial charge is 0.252 e. The van der Waals surface area contributed by atoms with Crippen LogP contribution in [0.15, 0.2) is 193 Å². The van der Waals surface area contributed by atoms with Gasteiger partial charge in [-0.2, -0.15) is 0 Å². The molecular formula is C48H37N. The van der Waals surface area contributed by atoms with Crippen LogP contribution in [-0.4, -0.2) is 5.71 Å². The Kier molecular flexibility index (Phi) is 8.17. The Hall–Kier alpha value is -6.05. The molecule has 0 heterocycles. The van der Waals surface area contributed by atoms with Gasteiger partial charge in [0.05, 0.1) is 5.70 Å². The first-order valence-corrected chi connectivity index (χ1v) is 17.0. The predicted molar refractivity (Wildman–Crippen MR) is 212 cm³/mol. The van der Waals surface area contributed by atoms with Gasteiger partial charge in [0.25, 0.3) is 0 Å². The van der Waals surface area contributed by atoms with E-state index in [1.807, 2.05) is 6.07 Å². The molecule has 7 aromatic rings. The van der Waals surface area contributed by atoms with Gasteiger partial charge in [-0.05, 0) is 103 Å². The minimum Gasteiger partial charge on any atom is -0.252 e. The number of fused-ring (bicyclic) bond motifs is 6. The number of allylic oxidation sites excluding steroid dienone is 6. The third-order valence-electron chi connectivity index (χ3n) is 9.76. The summed E-state index contributed by atoms with van der Waals surface area (Å²) in [6.07, 6.45) is 8.57. The molecule has 0 N–H and O–H groups in total. The molecule has 0 aliphatic heterocycles. The number of hydrogen-bond acceptors (Lipinski definition) is 1. The Bertz CT molecular complexity index is 2440. The summed E-state index contributed by atoms with van der Waals surface area (Å²) in [7, 11) is 0. The van der Waals surface area contributed by atoms with Crippen LogP contribution in [0.25, 0.3) is 54.7 Å². The van der Waals surface area contributed by atoms with E-state index in [-0.39, 0.29) is 0 Å². The Morgan fingerprint density at radius 1 is 0.510 bits per heavy atom. The zero-order valence-electron chi connectivity index (χ0n) is 27.7. The molecule has 0 saturated heterocycles. The Morgan fingerprint density at radius 2 is 1.06 bits per heavy atom. The summed E-state index contributed by atoms with van der Waals surface area (Å²) >= 11 is 0. The fourth-order valence-corrected chi connectivity index (χ4v) is 7.08. The maximum atomic E-state index is 5.20. The van der Waals surface area contributed by atoms with Crippen LogP contribution in [0.1, 0.15) is 36.5 Å². The second kappa shape index (κ2) is 13.2. The zero-order chi connectivity index (χ0) is 33.2. The van der Waals surface area contributed by atoms with Crippen molar-refractivity contribution in [3.8, 4) is 11.1 Å². The molecule has 0 radical (unpaired) electrons. The molecule has 0 aromatic heterocycles. The quantitative estimate of drug-likeness (QED) is 0.0947. The molecule has 7 aromatic carbocycles. The minimum absolute atomic E-state index is 0.916. The molecule has 0 spiro atoms. The van der Waals surface area contributed by atoms with Crippen molar-refractivity contribution in [2.24, 2.45) is 4.99 Å². The summed E-state index contributed by atoms with van der Waals surface area (Å²) in [6.45, 7) is 6.57. The van der Waals surface area contributed by atoms with Crippen molar-refractivity contribution in [3.05, 3.63) is 204 Å². The van der Waals surface area contributed by atoms with Gasteiger partial charge in [0.15, 0.2) is 0 Å². The van der Waals surface area contributed by atoms with E-state index in [0.29, 0.717) is 0 Å². The fourth-order valence-electron chi connectivity index (χ4n) is 7.08. The first kappa shape index (κ1) is 30.3. The van der Waals surface area contributed by atoms with Crippen LogP contribution in [-0.2, 0) is 0 Å². The fraction of sp³-hybridized carbons (Fsp3) is 0.0625. The van der Waals surface area contributed by atoms with E-state index >= 15 is 0 Å². The zero-order valence-corrected chi connectivity index (χ0v) is 27.7. The molecule has 8 rings (SSSR count). The van der Waals surface area contributed by atoms with E-state index in [1.54, 1.807) is 0 Å².